The monoisotopic (exact) mass is 312 g/mol. The minimum Gasteiger partial charge on any atom is -0.507 e. The molecule has 0 unspecified atom stereocenters. The van der Waals surface area contributed by atoms with Gasteiger partial charge in [0.2, 0.25) is 0 Å². The number of hydrogen-bond donors (Lipinski definition) is 2. The lowest BCUT2D eigenvalue weighted by Gasteiger charge is -2.01. The number of ether oxygens (including phenoxy) is 1. The van der Waals surface area contributed by atoms with Crippen LogP contribution in [0.25, 0.3) is 22.8 Å². The number of nitrogens with one attached hydrogen (secondary N) is 1. The van der Waals surface area contributed by atoms with Crippen LogP contribution in [0, 0.1) is 10.1 Å². The molecule has 8 nitrogen and oxygen atoms in total. The highest BCUT2D eigenvalue weighted by atomic mass is 16.6. The summed E-state index contributed by atoms with van der Waals surface area (Å²) in [5, 5.41) is 27.5. The number of hydrogen-bond acceptors (Lipinski definition) is 6. The third kappa shape index (κ3) is 2.82. The molecule has 1 heterocycles. The van der Waals surface area contributed by atoms with Gasteiger partial charge in [-0.2, -0.15) is 5.10 Å². The van der Waals surface area contributed by atoms with E-state index in [-0.39, 0.29) is 22.8 Å². The highest BCUT2D eigenvalue weighted by Gasteiger charge is 2.16. The second-order valence-corrected chi connectivity index (χ2v) is 4.70. The number of nitro groups is 1. The molecule has 3 aromatic rings. The Bertz CT molecular complexity index is 875. The van der Waals surface area contributed by atoms with Crippen molar-refractivity contribution in [2.75, 3.05) is 7.11 Å². The van der Waals surface area contributed by atoms with Crippen LogP contribution >= 0.6 is 0 Å². The summed E-state index contributed by atoms with van der Waals surface area (Å²) in [4.78, 5) is 14.6. The number of aromatic nitrogens is 3. The SMILES string of the molecule is COc1cccc(-c2n[nH]c(-c3cc([N+](=O)[O-])ccc3O)n2)c1. The molecule has 2 N–H and O–H groups in total. The number of non-ortho nitro benzene ring substituents is 1. The van der Waals surface area contributed by atoms with Crippen molar-refractivity contribution >= 4 is 5.69 Å². The Morgan fingerprint density at radius 3 is 2.83 bits per heavy atom. The highest BCUT2D eigenvalue weighted by Crippen LogP contribution is 2.31. The van der Waals surface area contributed by atoms with E-state index in [1.807, 2.05) is 6.07 Å². The van der Waals surface area contributed by atoms with Crippen molar-refractivity contribution in [2.45, 2.75) is 0 Å². The maximum Gasteiger partial charge on any atom is 0.270 e. The van der Waals surface area contributed by atoms with Crippen LogP contribution in [0.1, 0.15) is 0 Å². The Morgan fingerprint density at radius 1 is 1.26 bits per heavy atom. The molecule has 0 amide bonds. The largest absolute Gasteiger partial charge is 0.507 e. The van der Waals surface area contributed by atoms with E-state index >= 15 is 0 Å². The van der Waals surface area contributed by atoms with Crippen molar-refractivity contribution in [1.82, 2.24) is 15.2 Å². The van der Waals surface area contributed by atoms with Gasteiger partial charge in [0.1, 0.15) is 11.5 Å². The minimum absolute atomic E-state index is 0.121. The molecule has 0 radical (unpaired) electrons. The molecule has 0 aliphatic rings. The van der Waals surface area contributed by atoms with Crippen molar-refractivity contribution < 1.29 is 14.8 Å². The maximum absolute atomic E-state index is 10.9. The summed E-state index contributed by atoms with van der Waals surface area (Å²) < 4.78 is 5.15. The average Bonchev–Trinajstić information content (AvgIpc) is 3.05. The Kier molecular flexibility index (Phi) is 3.63. The predicted molar refractivity (Wildman–Crippen MR) is 82.1 cm³/mol. The second kappa shape index (κ2) is 5.76. The van der Waals surface area contributed by atoms with Gasteiger partial charge in [-0.05, 0) is 18.2 Å². The van der Waals surface area contributed by atoms with Crippen LogP contribution in [0.3, 0.4) is 0 Å². The van der Waals surface area contributed by atoms with Gasteiger partial charge in [0, 0.05) is 17.7 Å². The first kappa shape index (κ1) is 14.5. The van der Waals surface area contributed by atoms with Gasteiger partial charge in [0.05, 0.1) is 17.6 Å². The van der Waals surface area contributed by atoms with Crippen LogP contribution in [0.2, 0.25) is 0 Å². The molecule has 0 aliphatic heterocycles. The lowest BCUT2D eigenvalue weighted by atomic mass is 10.1. The predicted octanol–water partition coefficient (Wildman–Crippen LogP) is 2.76. The minimum atomic E-state index is -0.539. The molecule has 0 fully saturated rings. The molecular weight excluding hydrogens is 300 g/mol. The Balaban J connectivity index is 2.02. The number of nitro benzene ring substituents is 1. The molecule has 0 atom stereocenters. The number of phenols is 1. The van der Waals surface area contributed by atoms with Crippen LogP contribution in [0.4, 0.5) is 5.69 Å². The molecule has 0 spiro atoms. The smallest absolute Gasteiger partial charge is 0.270 e. The Hall–Kier alpha value is -3.42. The van der Waals surface area contributed by atoms with E-state index in [4.69, 9.17) is 4.74 Å². The van der Waals surface area contributed by atoms with Crippen molar-refractivity contribution in [1.29, 1.82) is 0 Å². The lowest BCUT2D eigenvalue weighted by Crippen LogP contribution is -1.90. The lowest BCUT2D eigenvalue weighted by molar-refractivity contribution is -0.384. The fraction of sp³-hybridized carbons (Fsp3) is 0.0667. The number of H-pyrrole nitrogens is 1. The van der Waals surface area contributed by atoms with Crippen molar-refractivity contribution in [3.63, 3.8) is 0 Å². The molecule has 2 aromatic carbocycles. The first-order chi connectivity index (χ1) is 11.1. The number of nitrogens with zero attached hydrogens (tertiary/aromatic N) is 3. The van der Waals surface area contributed by atoms with E-state index in [9.17, 15) is 15.2 Å². The highest BCUT2D eigenvalue weighted by molar-refractivity contribution is 5.69. The van der Waals surface area contributed by atoms with Crippen molar-refractivity contribution in [2.24, 2.45) is 0 Å². The van der Waals surface area contributed by atoms with Gasteiger partial charge in [0.15, 0.2) is 11.6 Å². The van der Waals surface area contributed by atoms with E-state index in [1.54, 1.807) is 25.3 Å². The number of benzene rings is 2. The standard InChI is InChI=1S/C15H12N4O4/c1-23-11-4-2-3-9(7-11)14-16-15(18-17-14)12-8-10(19(21)22)5-6-13(12)20/h2-8,20H,1H3,(H,16,17,18). The summed E-state index contributed by atoms with van der Waals surface area (Å²) in [5.74, 6) is 1.17. The topological polar surface area (TPSA) is 114 Å². The number of methoxy groups -OCH3 is 1. The Labute approximate surface area is 130 Å². The Morgan fingerprint density at radius 2 is 2.09 bits per heavy atom. The van der Waals surface area contributed by atoms with E-state index in [1.165, 1.54) is 18.2 Å². The molecule has 1 aromatic heterocycles. The van der Waals surface area contributed by atoms with Crippen molar-refractivity contribution in [3.8, 4) is 34.3 Å². The summed E-state index contributed by atoms with van der Waals surface area (Å²) >= 11 is 0. The zero-order chi connectivity index (χ0) is 16.4. The molecule has 0 bridgehead atoms. The zero-order valence-corrected chi connectivity index (χ0v) is 12.1. The van der Waals surface area contributed by atoms with Crippen LogP contribution in [0.5, 0.6) is 11.5 Å². The van der Waals surface area contributed by atoms with E-state index in [2.05, 4.69) is 15.2 Å². The molecule has 0 aliphatic carbocycles. The van der Waals surface area contributed by atoms with Gasteiger partial charge in [0.25, 0.3) is 5.69 Å². The number of aromatic amines is 1. The summed E-state index contributed by atoms with van der Waals surface area (Å²) in [7, 11) is 1.56. The van der Waals surface area contributed by atoms with Crippen molar-refractivity contribution in [3.05, 3.63) is 52.6 Å². The van der Waals surface area contributed by atoms with Crippen LogP contribution in [-0.4, -0.2) is 32.3 Å². The third-order valence-corrected chi connectivity index (χ3v) is 3.26. The fourth-order valence-electron chi connectivity index (χ4n) is 2.10. The molecule has 116 valence electrons. The second-order valence-electron chi connectivity index (χ2n) is 4.70. The molecule has 0 saturated carbocycles. The molecule has 8 heteroatoms. The zero-order valence-electron chi connectivity index (χ0n) is 12.1. The van der Waals surface area contributed by atoms with E-state index in [0.29, 0.717) is 11.6 Å². The first-order valence-electron chi connectivity index (χ1n) is 6.63. The van der Waals surface area contributed by atoms with Gasteiger partial charge in [-0.15, -0.1) is 0 Å². The summed E-state index contributed by atoms with van der Waals surface area (Å²) in [6.45, 7) is 0. The van der Waals surface area contributed by atoms with Gasteiger partial charge in [-0.25, -0.2) is 4.98 Å². The summed E-state index contributed by atoms with van der Waals surface area (Å²) in [6, 6.07) is 10.9. The third-order valence-electron chi connectivity index (χ3n) is 3.26. The number of phenolic OH excluding ortho intramolecular Hbond substituents is 1. The molecule has 23 heavy (non-hydrogen) atoms. The van der Waals surface area contributed by atoms with Gasteiger partial charge < -0.3 is 9.84 Å². The van der Waals surface area contributed by atoms with Gasteiger partial charge in [-0.1, -0.05) is 12.1 Å². The molecule has 0 saturated heterocycles. The molecular formula is C15H12N4O4. The summed E-state index contributed by atoms with van der Waals surface area (Å²) in [5.41, 5.74) is 0.787. The number of rotatable bonds is 4. The summed E-state index contributed by atoms with van der Waals surface area (Å²) in [6.07, 6.45) is 0. The fourth-order valence-corrected chi connectivity index (χ4v) is 2.10. The maximum atomic E-state index is 10.9. The molecule has 3 rings (SSSR count). The van der Waals surface area contributed by atoms with Gasteiger partial charge >= 0.3 is 0 Å². The van der Waals surface area contributed by atoms with E-state index in [0.717, 1.165) is 5.56 Å². The van der Waals surface area contributed by atoms with E-state index < -0.39 is 4.92 Å². The first-order valence-corrected chi connectivity index (χ1v) is 6.63. The quantitative estimate of drug-likeness (QED) is 0.565. The van der Waals surface area contributed by atoms with Gasteiger partial charge in [-0.3, -0.25) is 15.2 Å². The average molecular weight is 312 g/mol. The number of aromatic hydroxyl groups is 1. The van der Waals surface area contributed by atoms with Crippen LogP contribution in [-0.2, 0) is 0 Å². The van der Waals surface area contributed by atoms with Crippen LogP contribution < -0.4 is 4.74 Å². The van der Waals surface area contributed by atoms with Crippen LogP contribution in [0.15, 0.2) is 42.5 Å². The normalized spacial score (nSPS) is 10.5.